The first kappa shape index (κ1) is 17.3. The summed E-state index contributed by atoms with van der Waals surface area (Å²) in [5.74, 6) is -0.193. The minimum Gasteiger partial charge on any atom is -0.314 e. The summed E-state index contributed by atoms with van der Waals surface area (Å²) < 4.78 is 14.4. The molecule has 118 valence electrons. The highest BCUT2D eigenvalue weighted by molar-refractivity contribution is 9.10. The quantitative estimate of drug-likeness (QED) is 0.874. The lowest BCUT2D eigenvalue weighted by Crippen LogP contribution is -2.45. The Labute approximate surface area is 144 Å². The molecule has 1 N–H and O–H groups in total. The minimum absolute atomic E-state index is 0. The Bertz CT molecular complexity index is 612. The van der Waals surface area contributed by atoms with Crippen molar-refractivity contribution in [3.8, 4) is 0 Å². The molecule has 0 amide bonds. The Morgan fingerprint density at radius 2 is 2.23 bits per heavy atom. The molecular weight excluding hydrogens is 369 g/mol. The molecule has 1 aliphatic heterocycles. The minimum atomic E-state index is -0.193. The van der Waals surface area contributed by atoms with Crippen molar-refractivity contribution in [3.63, 3.8) is 0 Å². The first-order chi connectivity index (χ1) is 10.2. The van der Waals surface area contributed by atoms with Gasteiger partial charge in [-0.15, -0.1) is 12.4 Å². The Balaban J connectivity index is 0.00000176. The highest BCUT2D eigenvalue weighted by Gasteiger charge is 2.24. The smallest absolute Gasteiger partial charge is 0.123 e. The van der Waals surface area contributed by atoms with E-state index in [-0.39, 0.29) is 24.3 Å². The van der Waals surface area contributed by atoms with Crippen LogP contribution < -0.4 is 5.32 Å². The van der Waals surface area contributed by atoms with E-state index in [0.717, 1.165) is 36.2 Å². The summed E-state index contributed by atoms with van der Waals surface area (Å²) in [7, 11) is 0. The van der Waals surface area contributed by atoms with Crippen LogP contribution in [0.2, 0.25) is 0 Å². The van der Waals surface area contributed by atoms with Crippen LogP contribution in [-0.4, -0.2) is 29.5 Å². The summed E-state index contributed by atoms with van der Waals surface area (Å²) in [4.78, 5) is 6.58. The van der Waals surface area contributed by atoms with E-state index in [2.05, 4.69) is 37.2 Å². The van der Waals surface area contributed by atoms with Crippen LogP contribution >= 0.6 is 28.3 Å². The largest absolute Gasteiger partial charge is 0.314 e. The lowest BCUT2D eigenvalue weighted by molar-refractivity contribution is 0.153. The average Bonchev–Trinajstić information content (AvgIpc) is 2.52. The number of pyridine rings is 1. The Morgan fingerprint density at radius 1 is 1.36 bits per heavy atom. The maximum absolute atomic E-state index is 13.5. The maximum atomic E-state index is 13.5. The van der Waals surface area contributed by atoms with Crippen molar-refractivity contribution in [1.82, 2.24) is 15.2 Å². The van der Waals surface area contributed by atoms with E-state index in [0.29, 0.717) is 0 Å². The molecule has 6 heteroatoms. The number of benzene rings is 1. The highest BCUT2D eigenvalue weighted by atomic mass is 79.9. The third-order valence-corrected chi connectivity index (χ3v) is 4.58. The molecule has 1 atom stereocenters. The lowest BCUT2D eigenvalue weighted by atomic mass is 10.0. The van der Waals surface area contributed by atoms with Gasteiger partial charge in [0.15, 0.2) is 0 Å². The standard InChI is InChI=1S/C16H17BrFN3.ClH/c17-15-4-3-14(18)8-13(15)11-21-7-6-20-10-16(21)12-2-1-5-19-9-12;/h1-5,8-9,16,20H,6-7,10-11H2;1H. The molecule has 0 saturated carbocycles. The van der Waals surface area contributed by atoms with Gasteiger partial charge in [0.25, 0.3) is 0 Å². The Kier molecular flexibility index (Phi) is 6.32. The zero-order valence-corrected chi connectivity index (χ0v) is 14.4. The second kappa shape index (κ2) is 8.02. The van der Waals surface area contributed by atoms with Crippen molar-refractivity contribution >= 4 is 28.3 Å². The predicted octanol–water partition coefficient (Wildman–Crippen LogP) is 3.55. The van der Waals surface area contributed by atoms with Crippen molar-refractivity contribution < 1.29 is 4.39 Å². The number of hydrogen-bond donors (Lipinski definition) is 1. The summed E-state index contributed by atoms with van der Waals surface area (Å²) in [6.45, 7) is 3.49. The molecule has 1 aromatic carbocycles. The van der Waals surface area contributed by atoms with E-state index in [9.17, 15) is 4.39 Å². The van der Waals surface area contributed by atoms with Gasteiger partial charge >= 0.3 is 0 Å². The normalized spacial score (nSPS) is 18.7. The molecule has 1 saturated heterocycles. The molecule has 0 aliphatic carbocycles. The van der Waals surface area contributed by atoms with Gasteiger partial charge in [0, 0.05) is 49.1 Å². The lowest BCUT2D eigenvalue weighted by Gasteiger charge is -2.36. The molecule has 22 heavy (non-hydrogen) atoms. The molecule has 0 radical (unpaired) electrons. The third-order valence-electron chi connectivity index (χ3n) is 3.80. The van der Waals surface area contributed by atoms with Gasteiger partial charge in [-0.05, 0) is 35.4 Å². The number of rotatable bonds is 3. The number of nitrogens with zero attached hydrogens (tertiary/aromatic N) is 2. The average molecular weight is 387 g/mol. The zero-order valence-electron chi connectivity index (χ0n) is 12.0. The summed E-state index contributed by atoms with van der Waals surface area (Å²) in [5, 5.41) is 3.42. The molecule has 3 rings (SSSR count). The van der Waals surface area contributed by atoms with E-state index in [4.69, 9.17) is 0 Å². The first-order valence-electron chi connectivity index (χ1n) is 7.02. The van der Waals surface area contributed by atoms with E-state index < -0.39 is 0 Å². The summed E-state index contributed by atoms with van der Waals surface area (Å²) in [5.41, 5.74) is 2.17. The van der Waals surface area contributed by atoms with Gasteiger partial charge in [-0.3, -0.25) is 9.88 Å². The van der Waals surface area contributed by atoms with E-state index in [1.165, 1.54) is 11.6 Å². The fraction of sp³-hybridized carbons (Fsp3) is 0.312. The summed E-state index contributed by atoms with van der Waals surface area (Å²) >= 11 is 3.51. The van der Waals surface area contributed by atoms with Crippen molar-refractivity contribution in [3.05, 3.63) is 64.1 Å². The van der Waals surface area contributed by atoms with Crippen molar-refractivity contribution in [2.75, 3.05) is 19.6 Å². The Morgan fingerprint density at radius 3 is 3.00 bits per heavy atom. The van der Waals surface area contributed by atoms with Crippen LogP contribution in [0.5, 0.6) is 0 Å². The van der Waals surface area contributed by atoms with Crippen molar-refractivity contribution in [2.45, 2.75) is 12.6 Å². The van der Waals surface area contributed by atoms with Gasteiger partial charge in [-0.2, -0.15) is 0 Å². The molecule has 0 bridgehead atoms. The van der Waals surface area contributed by atoms with Crippen LogP contribution in [0.3, 0.4) is 0 Å². The SMILES string of the molecule is Cl.Fc1ccc(Br)c(CN2CCNCC2c2cccnc2)c1. The Hall–Kier alpha value is -1.01. The molecule has 1 aromatic heterocycles. The molecule has 1 unspecified atom stereocenters. The number of halogens is 3. The van der Waals surface area contributed by atoms with E-state index >= 15 is 0 Å². The fourth-order valence-electron chi connectivity index (χ4n) is 2.72. The zero-order chi connectivity index (χ0) is 14.7. The van der Waals surface area contributed by atoms with Gasteiger partial charge in [0.1, 0.15) is 5.82 Å². The summed E-state index contributed by atoms with van der Waals surface area (Å²) in [6, 6.07) is 9.17. The van der Waals surface area contributed by atoms with Gasteiger partial charge in [0.05, 0.1) is 0 Å². The number of nitrogens with one attached hydrogen (secondary N) is 1. The molecule has 1 aliphatic rings. The molecule has 3 nitrogen and oxygen atoms in total. The van der Waals surface area contributed by atoms with E-state index in [1.54, 1.807) is 18.3 Å². The van der Waals surface area contributed by atoms with Crippen LogP contribution in [0.25, 0.3) is 0 Å². The number of hydrogen-bond acceptors (Lipinski definition) is 3. The molecule has 2 aromatic rings. The van der Waals surface area contributed by atoms with Crippen LogP contribution in [0.4, 0.5) is 4.39 Å². The van der Waals surface area contributed by atoms with Crippen molar-refractivity contribution in [2.24, 2.45) is 0 Å². The van der Waals surface area contributed by atoms with E-state index in [1.807, 2.05) is 12.3 Å². The maximum Gasteiger partial charge on any atom is 0.123 e. The molecular formula is C16H18BrClFN3. The van der Waals surface area contributed by atoms with Crippen LogP contribution in [-0.2, 0) is 6.54 Å². The van der Waals surface area contributed by atoms with Gasteiger partial charge in [-0.1, -0.05) is 22.0 Å². The molecule has 2 heterocycles. The predicted molar refractivity (Wildman–Crippen MR) is 91.6 cm³/mol. The van der Waals surface area contributed by atoms with Crippen molar-refractivity contribution in [1.29, 1.82) is 0 Å². The second-order valence-electron chi connectivity index (χ2n) is 5.21. The second-order valence-corrected chi connectivity index (χ2v) is 6.07. The van der Waals surface area contributed by atoms with Crippen LogP contribution in [0, 0.1) is 5.82 Å². The van der Waals surface area contributed by atoms with Crippen LogP contribution in [0.15, 0.2) is 47.2 Å². The van der Waals surface area contributed by atoms with Crippen LogP contribution in [0.1, 0.15) is 17.2 Å². The fourth-order valence-corrected chi connectivity index (χ4v) is 3.09. The van der Waals surface area contributed by atoms with Gasteiger partial charge in [-0.25, -0.2) is 4.39 Å². The number of piperazine rings is 1. The molecule has 0 spiro atoms. The summed E-state index contributed by atoms with van der Waals surface area (Å²) in [6.07, 6.45) is 3.69. The monoisotopic (exact) mass is 385 g/mol. The third kappa shape index (κ3) is 4.04. The van der Waals surface area contributed by atoms with Gasteiger partial charge in [0.2, 0.25) is 0 Å². The van der Waals surface area contributed by atoms with Gasteiger partial charge < -0.3 is 5.32 Å². The topological polar surface area (TPSA) is 28.2 Å². The number of aromatic nitrogens is 1. The highest BCUT2D eigenvalue weighted by Crippen LogP contribution is 2.26. The molecule has 1 fully saturated rings. The first-order valence-corrected chi connectivity index (χ1v) is 7.82.